The maximum Gasteiger partial charge on any atom is 0.258 e. The molecule has 7 heteroatoms. The van der Waals surface area contributed by atoms with Crippen molar-refractivity contribution in [2.45, 2.75) is 17.9 Å². The maximum absolute atomic E-state index is 5.74. The third kappa shape index (κ3) is 3.91. The Morgan fingerprint density at radius 1 is 1.20 bits per heavy atom. The van der Waals surface area contributed by atoms with Crippen molar-refractivity contribution in [3.8, 4) is 11.4 Å². The summed E-state index contributed by atoms with van der Waals surface area (Å²) in [6.07, 6.45) is 3.88. The van der Waals surface area contributed by atoms with Crippen LogP contribution in [-0.4, -0.2) is 33.0 Å². The molecule has 30 heavy (non-hydrogen) atoms. The Hall–Kier alpha value is -2.90. The molecule has 1 unspecified atom stereocenters. The van der Waals surface area contributed by atoms with Gasteiger partial charge in [-0.05, 0) is 55.2 Å². The van der Waals surface area contributed by atoms with Gasteiger partial charge in [0.05, 0.1) is 11.6 Å². The van der Waals surface area contributed by atoms with Crippen LogP contribution in [0.5, 0.6) is 0 Å². The minimum atomic E-state index is -0.174. The Labute approximate surface area is 185 Å². The summed E-state index contributed by atoms with van der Waals surface area (Å²) in [4.78, 5) is 7.91. The van der Waals surface area contributed by atoms with Gasteiger partial charge in [-0.3, -0.25) is 0 Å². The van der Waals surface area contributed by atoms with E-state index in [2.05, 4.69) is 47.6 Å². The standard InChI is InChI=1S/C23H22N4OS2/c1-4-14-27-15(2)19(20(24-23(27)29)16-8-6-5-7-9-16)22-25-21(26-28-22)17-10-12-18(30-3)13-11-17/h4-13,20H,1,14H2,2-3H3,(H,24,29). The van der Waals surface area contributed by atoms with Crippen LogP contribution in [0.1, 0.15) is 24.4 Å². The Morgan fingerprint density at radius 3 is 2.60 bits per heavy atom. The third-order valence-electron chi connectivity index (χ3n) is 5.05. The first kappa shape index (κ1) is 20.4. The van der Waals surface area contributed by atoms with Gasteiger partial charge in [0.15, 0.2) is 5.11 Å². The smallest absolute Gasteiger partial charge is 0.258 e. The fourth-order valence-electron chi connectivity index (χ4n) is 3.49. The van der Waals surface area contributed by atoms with Crippen molar-refractivity contribution in [3.05, 3.63) is 84.4 Å². The Morgan fingerprint density at radius 2 is 1.93 bits per heavy atom. The van der Waals surface area contributed by atoms with Gasteiger partial charge in [0, 0.05) is 22.7 Å². The zero-order valence-corrected chi connectivity index (χ0v) is 18.5. The molecule has 0 radical (unpaired) electrons. The molecule has 4 rings (SSSR count). The first-order chi connectivity index (χ1) is 14.6. The van der Waals surface area contributed by atoms with Gasteiger partial charge >= 0.3 is 0 Å². The molecule has 0 spiro atoms. The first-order valence-corrected chi connectivity index (χ1v) is 11.2. The summed E-state index contributed by atoms with van der Waals surface area (Å²) in [5.74, 6) is 1.04. The van der Waals surface area contributed by atoms with Crippen molar-refractivity contribution in [3.63, 3.8) is 0 Å². The number of rotatable bonds is 6. The first-order valence-electron chi connectivity index (χ1n) is 9.55. The highest BCUT2D eigenvalue weighted by atomic mass is 32.2. The lowest BCUT2D eigenvalue weighted by Gasteiger charge is -2.36. The van der Waals surface area contributed by atoms with E-state index in [1.54, 1.807) is 11.8 Å². The van der Waals surface area contributed by atoms with E-state index in [1.807, 2.05) is 48.2 Å². The lowest BCUT2D eigenvalue weighted by Crippen LogP contribution is -2.45. The summed E-state index contributed by atoms with van der Waals surface area (Å²) < 4.78 is 5.74. The van der Waals surface area contributed by atoms with Crippen molar-refractivity contribution in [1.29, 1.82) is 0 Å². The van der Waals surface area contributed by atoms with Crippen LogP contribution in [0.4, 0.5) is 0 Å². The van der Waals surface area contributed by atoms with Gasteiger partial charge in [-0.25, -0.2) is 0 Å². The average molecular weight is 435 g/mol. The average Bonchev–Trinajstić information content (AvgIpc) is 3.26. The lowest BCUT2D eigenvalue weighted by molar-refractivity contribution is 0.399. The molecule has 1 aromatic heterocycles. The SMILES string of the molecule is C=CCN1C(=S)NC(c2ccccc2)C(c2nc(-c3ccc(SC)cc3)no2)=C1C. The lowest BCUT2D eigenvalue weighted by atomic mass is 9.95. The van der Waals surface area contributed by atoms with Crippen LogP contribution in [0.15, 0.2) is 82.4 Å². The van der Waals surface area contributed by atoms with Crippen LogP contribution >= 0.6 is 24.0 Å². The fraction of sp³-hybridized carbons (Fsp3) is 0.174. The second-order valence-corrected chi connectivity index (χ2v) is 8.11. The number of aromatic nitrogens is 2. The molecule has 1 N–H and O–H groups in total. The van der Waals surface area contributed by atoms with Gasteiger partial charge < -0.3 is 14.7 Å². The van der Waals surface area contributed by atoms with E-state index in [0.29, 0.717) is 23.4 Å². The molecule has 2 heterocycles. The normalized spacial score (nSPS) is 16.5. The molecule has 0 amide bonds. The second-order valence-electron chi connectivity index (χ2n) is 6.84. The molecule has 1 aliphatic heterocycles. The molecule has 0 saturated carbocycles. The van der Waals surface area contributed by atoms with Crippen LogP contribution < -0.4 is 5.32 Å². The summed E-state index contributed by atoms with van der Waals surface area (Å²) in [5.41, 5.74) is 3.88. The van der Waals surface area contributed by atoms with Crippen LogP contribution in [0.2, 0.25) is 0 Å². The van der Waals surface area contributed by atoms with E-state index < -0.39 is 0 Å². The zero-order valence-electron chi connectivity index (χ0n) is 16.8. The van der Waals surface area contributed by atoms with E-state index in [4.69, 9.17) is 21.7 Å². The maximum atomic E-state index is 5.74. The number of nitrogens with one attached hydrogen (secondary N) is 1. The van der Waals surface area contributed by atoms with Gasteiger partial charge in [0.25, 0.3) is 5.89 Å². The van der Waals surface area contributed by atoms with E-state index in [-0.39, 0.29) is 6.04 Å². The molecular weight excluding hydrogens is 412 g/mol. The summed E-state index contributed by atoms with van der Waals surface area (Å²) in [6.45, 7) is 6.48. The van der Waals surface area contributed by atoms with Gasteiger partial charge in [-0.2, -0.15) is 4.98 Å². The molecule has 0 aliphatic carbocycles. The number of thiocarbonyl (C=S) groups is 1. The highest BCUT2D eigenvalue weighted by molar-refractivity contribution is 7.98. The van der Waals surface area contributed by atoms with E-state index in [1.165, 1.54) is 4.90 Å². The van der Waals surface area contributed by atoms with Crippen molar-refractivity contribution >= 4 is 34.7 Å². The number of allylic oxidation sites excluding steroid dienone is 1. The van der Waals surface area contributed by atoms with Gasteiger partial charge in [-0.15, -0.1) is 18.3 Å². The number of thioether (sulfide) groups is 1. The molecule has 1 aliphatic rings. The zero-order chi connectivity index (χ0) is 21.1. The highest BCUT2D eigenvalue weighted by Crippen LogP contribution is 2.37. The Balaban J connectivity index is 1.78. The number of hydrogen-bond acceptors (Lipinski definition) is 5. The van der Waals surface area contributed by atoms with E-state index in [9.17, 15) is 0 Å². The summed E-state index contributed by atoms with van der Waals surface area (Å²) >= 11 is 7.32. The van der Waals surface area contributed by atoms with Gasteiger partial charge in [0.1, 0.15) is 0 Å². The molecular formula is C23H22N4OS2. The molecule has 0 fully saturated rings. The molecule has 2 aromatic carbocycles. The molecule has 0 saturated heterocycles. The fourth-order valence-corrected chi connectivity index (χ4v) is 4.23. The van der Waals surface area contributed by atoms with E-state index in [0.717, 1.165) is 22.4 Å². The van der Waals surface area contributed by atoms with Crippen LogP contribution in [0.25, 0.3) is 17.0 Å². The van der Waals surface area contributed by atoms with E-state index >= 15 is 0 Å². The second kappa shape index (κ2) is 8.85. The van der Waals surface area contributed by atoms with Gasteiger partial charge in [-0.1, -0.05) is 41.6 Å². The van der Waals surface area contributed by atoms with Crippen molar-refractivity contribution in [2.24, 2.45) is 0 Å². The minimum Gasteiger partial charge on any atom is -0.351 e. The highest BCUT2D eigenvalue weighted by Gasteiger charge is 2.33. The van der Waals surface area contributed by atoms with Gasteiger partial charge in [0.2, 0.25) is 5.82 Å². The summed E-state index contributed by atoms with van der Waals surface area (Å²) in [7, 11) is 0. The topological polar surface area (TPSA) is 54.2 Å². The van der Waals surface area contributed by atoms with Crippen molar-refractivity contribution in [2.75, 3.05) is 12.8 Å². The van der Waals surface area contributed by atoms with Crippen LogP contribution in [0.3, 0.4) is 0 Å². The van der Waals surface area contributed by atoms with Crippen LogP contribution in [0, 0.1) is 0 Å². The number of benzene rings is 2. The summed E-state index contributed by atoms with van der Waals surface area (Å²) in [5, 5.41) is 8.33. The number of nitrogens with zero attached hydrogens (tertiary/aromatic N) is 3. The molecule has 5 nitrogen and oxygen atoms in total. The monoisotopic (exact) mass is 434 g/mol. The van der Waals surface area contributed by atoms with Crippen molar-refractivity contribution < 1.29 is 4.52 Å². The molecule has 0 bridgehead atoms. The quantitative estimate of drug-likeness (QED) is 0.321. The minimum absolute atomic E-state index is 0.174. The van der Waals surface area contributed by atoms with Crippen LogP contribution in [-0.2, 0) is 0 Å². The Kier molecular flexibility index (Phi) is 6.01. The molecule has 3 aromatic rings. The largest absolute Gasteiger partial charge is 0.351 e. The summed E-state index contributed by atoms with van der Waals surface area (Å²) in [6, 6.07) is 18.1. The Bertz CT molecular complexity index is 1090. The predicted molar refractivity (Wildman–Crippen MR) is 126 cm³/mol. The molecule has 152 valence electrons. The third-order valence-corrected chi connectivity index (χ3v) is 6.13. The predicted octanol–water partition coefficient (Wildman–Crippen LogP) is 5.31. The number of hydrogen-bond donors (Lipinski definition) is 1. The van der Waals surface area contributed by atoms with Crippen molar-refractivity contribution in [1.82, 2.24) is 20.4 Å². The molecule has 1 atom stereocenters.